The van der Waals surface area contributed by atoms with Crippen LogP contribution in [0.3, 0.4) is 0 Å². The largest absolute Gasteiger partial charge is 0.416 e. The molecule has 0 fully saturated rings. The van der Waals surface area contributed by atoms with Crippen molar-refractivity contribution in [1.29, 1.82) is 26.3 Å². The van der Waals surface area contributed by atoms with Gasteiger partial charge < -0.3 is 0 Å². The molecule has 0 saturated carbocycles. The van der Waals surface area contributed by atoms with Crippen LogP contribution in [0.15, 0.2) is 48.5 Å². The van der Waals surface area contributed by atoms with Crippen LogP contribution in [-0.2, 0) is 6.18 Å². The van der Waals surface area contributed by atoms with Crippen LogP contribution in [0.5, 0.6) is 0 Å². The van der Waals surface area contributed by atoms with Crippen molar-refractivity contribution in [3.05, 3.63) is 202 Å². The van der Waals surface area contributed by atoms with Gasteiger partial charge in [-0.15, -0.1) is 0 Å². The standard InChI is InChI=1S/C48H11F11N8/c1-18-5-7-20(8-6-18)28-30(25(16-63)34-39(51)43(55)47(67-4)44(56)40(34)52)32-24(15-62)31-29(23(14-61)33(32)45(28)65-2)22(13-60)27(19-9-11-21(12-10-19)48(57,58)59)35(31)46(66-3)36-41(53)37(49)26(17-64)38(50)42(36)54/h5-12H,1H3/b30-25+,46-35-. The zero-order valence-electron chi connectivity index (χ0n) is 32.9. The van der Waals surface area contributed by atoms with Gasteiger partial charge in [0.05, 0.1) is 64.7 Å². The zero-order chi connectivity index (χ0) is 49.1. The summed E-state index contributed by atoms with van der Waals surface area (Å²) in [6.07, 6.45) is -5.00. The predicted octanol–water partition coefficient (Wildman–Crippen LogP) is 12.8. The highest BCUT2D eigenvalue weighted by molar-refractivity contribution is 6.35. The van der Waals surface area contributed by atoms with Gasteiger partial charge in [0, 0.05) is 16.7 Å². The molecular formula is C48H11F11N8. The van der Waals surface area contributed by atoms with Gasteiger partial charge in [0.15, 0.2) is 46.5 Å². The normalized spacial score (nSPS) is 14.1. The topological polar surface area (TPSA) is 132 Å². The van der Waals surface area contributed by atoms with E-state index in [1.54, 1.807) is 25.1 Å². The summed E-state index contributed by atoms with van der Waals surface area (Å²) >= 11 is 0. The fourth-order valence-corrected chi connectivity index (χ4v) is 7.88. The maximum atomic E-state index is 16.1. The molecule has 5 aromatic carbocycles. The Morgan fingerprint density at radius 3 is 1.45 bits per heavy atom. The fourth-order valence-electron chi connectivity index (χ4n) is 7.88. The molecule has 7 rings (SSSR count). The van der Waals surface area contributed by atoms with Crippen LogP contribution in [0.4, 0.5) is 54.0 Å². The molecule has 0 N–H and O–H groups in total. The van der Waals surface area contributed by atoms with Crippen molar-refractivity contribution < 1.29 is 48.3 Å². The number of fused-ring (bicyclic) bond motifs is 2. The number of hydrogen-bond acceptors (Lipinski definition) is 5. The van der Waals surface area contributed by atoms with Crippen LogP contribution in [0.1, 0.15) is 72.3 Å². The fraction of sp³-hybridized carbons (Fsp3) is 0.0417. The highest BCUT2D eigenvalue weighted by Gasteiger charge is 2.45. The lowest BCUT2D eigenvalue weighted by molar-refractivity contribution is -0.137. The summed E-state index contributed by atoms with van der Waals surface area (Å²) < 4.78 is 167. The highest BCUT2D eigenvalue weighted by atomic mass is 19.4. The average Bonchev–Trinajstić information content (AvgIpc) is 3.83. The zero-order valence-corrected chi connectivity index (χ0v) is 32.9. The lowest BCUT2D eigenvalue weighted by Gasteiger charge is -2.20. The second-order valence-corrected chi connectivity index (χ2v) is 14.0. The molecule has 2 aliphatic carbocycles. The summed E-state index contributed by atoms with van der Waals surface area (Å²) in [4.78, 5) is 9.04. The Hall–Kier alpha value is -9.79. The first kappa shape index (κ1) is 45.2. The number of aryl methyl sites for hydroxylation is 1. The van der Waals surface area contributed by atoms with E-state index < -0.39 is 164 Å². The summed E-state index contributed by atoms with van der Waals surface area (Å²) in [7, 11) is 0. The third-order valence-corrected chi connectivity index (χ3v) is 10.7. The molecule has 19 heteroatoms. The average molecular weight is 909 g/mol. The van der Waals surface area contributed by atoms with Gasteiger partial charge in [-0.1, -0.05) is 42.0 Å². The quantitative estimate of drug-likeness (QED) is 0.0766. The first-order chi connectivity index (χ1) is 31.8. The molecular weight excluding hydrogens is 898 g/mol. The molecule has 0 spiro atoms. The molecule has 5 aromatic rings. The second-order valence-electron chi connectivity index (χ2n) is 14.0. The van der Waals surface area contributed by atoms with Gasteiger partial charge in [-0.2, -0.15) is 39.5 Å². The van der Waals surface area contributed by atoms with Crippen LogP contribution in [0.2, 0.25) is 0 Å². The van der Waals surface area contributed by atoms with Crippen LogP contribution >= 0.6 is 0 Å². The number of hydrogen-bond donors (Lipinski definition) is 0. The molecule has 0 aromatic heterocycles. The lowest BCUT2D eigenvalue weighted by Crippen LogP contribution is -2.09. The number of allylic oxidation sites excluding steroid dienone is 6. The van der Waals surface area contributed by atoms with E-state index >= 15 is 35.1 Å². The van der Waals surface area contributed by atoms with E-state index in [0.717, 1.165) is 6.07 Å². The Bertz CT molecular complexity index is 3610. The van der Waals surface area contributed by atoms with Crippen LogP contribution in [0, 0.1) is 130 Å². The molecule has 67 heavy (non-hydrogen) atoms. The van der Waals surface area contributed by atoms with E-state index in [2.05, 4.69) is 14.5 Å². The van der Waals surface area contributed by atoms with E-state index in [-0.39, 0.29) is 5.56 Å². The van der Waals surface area contributed by atoms with Gasteiger partial charge >= 0.3 is 6.18 Å². The number of nitriles is 5. The minimum absolute atomic E-state index is 0.130. The predicted molar refractivity (Wildman–Crippen MR) is 214 cm³/mol. The Morgan fingerprint density at radius 2 is 1.00 bits per heavy atom. The molecule has 320 valence electrons. The van der Waals surface area contributed by atoms with Crippen molar-refractivity contribution in [2.24, 2.45) is 0 Å². The number of rotatable bonds is 4. The molecule has 8 nitrogen and oxygen atoms in total. The van der Waals surface area contributed by atoms with E-state index in [4.69, 9.17) is 19.7 Å². The van der Waals surface area contributed by atoms with Crippen molar-refractivity contribution in [3.8, 4) is 30.3 Å². The molecule has 0 aliphatic heterocycles. The van der Waals surface area contributed by atoms with Gasteiger partial charge in [0.2, 0.25) is 11.4 Å². The van der Waals surface area contributed by atoms with Crippen molar-refractivity contribution in [2.75, 3.05) is 0 Å². The van der Waals surface area contributed by atoms with E-state index in [0.29, 0.717) is 29.8 Å². The summed E-state index contributed by atoms with van der Waals surface area (Å²) in [5, 5.41) is 53.0. The molecule has 0 heterocycles. The minimum Gasteiger partial charge on any atom is -0.237 e. The maximum Gasteiger partial charge on any atom is 0.416 e. The summed E-state index contributed by atoms with van der Waals surface area (Å²) in [5.41, 5.74) is -22.0. The minimum atomic E-state index is -5.00. The van der Waals surface area contributed by atoms with Crippen molar-refractivity contribution in [3.63, 3.8) is 0 Å². The van der Waals surface area contributed by atoms with E-state index in [1.807, 2.05) is 0 Å². The van der Waals surface area contributed by atoms with Crippen molar-refractivity contribution >= 4 is 50.5 Å². The molecule has 0 amide bonds. The van der Waals surface area contributed by atoms with Crippen molar-refractivity contribution in [2.45, 2.75) is 13.1 Å². The Kier molecular flexibility index (Phi) is 11.1. The monoisotopic (exact) mass is 908 g/mol. The van der Waals surface area contributed by atoms with Crippen molar-refractivity contribution in [1.82, 2.24) is 0 Å². The SMILES string of the molecule is [C-]#[N+]C1=C(c2ccc(C)cc2)/C(=C(/C#N)c2c(F)c(F)c([N+]#[C-])c(F)c2F)c2c(C#N)c3c(c(C#N)c21)C(C#N)=C(c1ccc(C(F)(F)F)cc1)/C3=C(/[N+]#[C-])c1c(F)c(F)c(C#N)c(F)c1F. The molecule has 0 atom stereocenters. The first-order valence-corrected chi connectivity index (χ1v) is 18.2. The number of halogens is 11. The number of nitrogens with zero attached hydrogens (tertiary/aromatic N) is 8. The van der Waals surface area contributed by atoms with Gasteiger partial charge in [-0.3, -0.25) is 0 Å². The number of alkyl halides is 3. The smallest absolute Gasteiger partial charge is 0.237 e. The second kappa shape index (κ2) is 16.4. The Morgan fingerprint density at radius 1 is 0.522 bits per heavy atom. The first-order valence-electron chi connectivity index (χ1n) is 18.2. The maximum absolute atomic E-state index is 16.1. The lowest BCUT2D eigenvalue weighted by atomic mass is 9.81. The molecule has 0 bridgehead atoms. The van der Waals surface area contributed by atoms with Gasteiger partial charge in [0.1, 0.15) is 29.8 Å². The van der Waals surface area contributed by atoms with E-state index in [1.165, 1.54) is 30.3 Å². The van der Waals surface area contributed by atoms with Crippen LogP contribution < -0.4 is 0 Å². The Balaban J connectivity index is 1.83. The van der Waals surface area contributed by atoms with Crippen LogP contribution in [0.25, 0.3) is 59.4 Å². The molecule has 0 radical (unpaired) electrons. The highest BCUT2D eigenvalue weighted by Crippen LogP contribution is 2.60. The summed E-state index contributed by atoms with van der Waals surface area (Å²) in [6, 6.07) is 15.0. The Labute approximate surface area is 369 Å². The molecule has 0 saturated heterocycles. The van der Waals surface area contributed by atoms with Gasteiger partial charge in [-0.25, -0.2) is 49.7 Å². The van der Waals surface area contributed by atoms with Gasteiger partial charge in [0.25, 0.3) is 5.69 Å². The van der Waals surface area contributed by atoms with E-state index in [9.17, 15) is 39.5 Å². The molecule has 0 unspecified atom stereocenters. The summed E-state index contributed by atoms with van der Waals surface area (Å²) in [5.74, 6) is -18.8. The third-order valence-electron chi connectivity index (χ3n) is 10.7. The van der Waals surface area contributed by atoms with Gasteiger partial charge in [-0.05, 0) is 58.0 Å². The number of benzene rings is 5. The van der Waals surface area contributed by atoms with Crippen LogP contribution in [-0.4, -0.2) is 0 Å². The summed E-state index contributed by atoms with van der Waals surface area (Å²) in [6.45, 7) is 25.1. The molecule has 2 aliphatic rings. The third kappa shape index (κ3) is 6.44.